The van der Waals surface area contributed by atoms with Crippen molar-refractivity contribution in [1.29, 1.82) is 0 Å². The van der Waals surface area contributed by atoms with Crippen molar-refractivity contribution in [2.75, 3.05) is 6.61 Å². The van der Waals surface area contributed by atoms with E-state index in [1.807, 2.05) is 0 Å². The Balaban J connectivity index is 1.44. The van der Waals surface area contributed by atoms with Gasteiger partial charge in [0, 0.05) is 5.41 Å². The number of aryl methyl sites for hydroxylation is 3. The first kappa shape index (κ1) is 33.1. The van der Waals surface area contributed by atoms with E-state index in [2.05, 4.69) is 78.8 Å². The molecule has 0 unspecified atom stereocenters. The molecule has 0 amide bonds. The summed E-state index contributed by atoms with van der Waals surface area (Å²) in [4.78, 5) is 0. The molecule has 2 aromatic rings. The molecule has 0 N–H and O–H groups in total. The lowest BCUT2D eigenvalue weighted by Crippen LogP contribution is -2.27. The van der Waals surface area contributed by atoms with Crippen molar-refractivity contribution in [1.82, 2.24) is 0 Å². The summed E-state index contributed by atoms with van der Waals surface area (Å²) in [5, 5.41) is 0. The van der Waals surface area contributed by atoms with Crippen LogP contribution in [0.25, 0.3) is 11.1 Å². The van der Waals surface area contributed by atoms with Gasteiger partial charge in [-0.15, -0.1) is 0 Å². The van der Waals surface area contributed by atoms with Gasteiger partial charge >= 0.3 is 0 Å². The number of hydrogen-bond acceptors (Lipinski definition) is 1. The van der Waals surface area contributed by atoms with Crippen LogP contribution in [0.15, 0.2) is 30.3 Å². The maximum absolute atomic E-state index is 6.70. The van der Waals surface area contributed by atoms with Crippen molar-refractivity contribution in [3.8, 4) is 16.9 Å². The van der Waals surface area contributed by atoms with Crippen LogP contribution >= 0.6 is 0 Å². The van der Waals surface area contributed by atoms with Crippen LogP contribution in [-0.2, 0) is 19.3 Å². The molecule has 2 saturated carbocycles. The van der Waals surface area contributed by atoms with E-state index < -0.39 is 0 Å². The fraction of sp³-hybridized carbons (Fsp3) is 0.707. The SMILES string of the molecule is CCc1cc(C2CCC(CCC3CCC(C)CC3)CC2)ccc1-c1cc(CC)c(OCC(CC)(CC)CC)c(CC)c1. The summed E-state index contributed by atoms with van der Waals surface area (Å²) in [6.07, 6.45) is 21.2. The first-order valence-corrected chi connectivity index (χ1v) is 18.3. The lowest BCUT2D eigenvalue weighted by atomic mass is 9.74. The predicted octanol–water partition coefficient (Wildman–Crippen LogP) is 12.5. The topological polar surface area (TPSA) is 9.23 Å². The van der Waals surface area contributed by atoms with Gasteiger partial charge in [-0.05, 0) is 133 Å². The van der Waals surface area contributed by atoms with Crippen LogP contribution in [0, 0.1) is 23.2 Å². The summed E-state index contributed by atoms with van der Waals surface area (Å²) in [6, 6.07) is 12.4. The molecule has 2 aliphatic rings. The molecular weight excluding hydrogens is 508 g/mol. The third-order valence-corrected chi connectivity index (χ3v) is 12.0. The average Bonchev–Trinajstić information content (AvgIpc) is 3.05. The standard InChI is InChI=1S/C41H64O/c1-8-33-26-37(36-22-20-32(21-23-36)19-18-31-16-14-30(7)15-17-31)24-25-39(33)38-27-34(9-2)40(35(10-3)28-38)42-29-41(11-4,12-5)13-6/h24-28,30-32,36H,8-23,29H2,1-7H3. The van der Waals surface area contributed by atoms with Crippen molar-refractivity contribution in [3.05, 3.63) is 52.6 Å². The molecule has 4 rings (SSSR count). The van der Waals surface area contributed by atoms with E-state index in [0.29, 0.717) is 0 Å². The molecule has 0 atom stereocenters. The van der Waals surface area contributed by atoms with E-state index in [1.165, 1.54) is 111 Å². The van der Waals surface area contributed by atoms with Crippen LogP contribution in [0.1, 0.15) is 160 Å². The van der Waals surface area contributed by atoms with Gasteiger partial charge < -0.3 is 4.74 Å². The third kappa shape index (κ3) is 8.04. The summed E-state index contributed by atoms with van der Waals surface area (Å²) < 4.78 is 6.70. The lowest BCUT2D eigenvalue weighted by Gasteiger charge is -2.32. The summed E-state index contributed by atoms with van der Waals surface area (Å²) in [5.74, 6) is 4.89. The Morgan fingerprint density at radius 1 is 0.643 bits per heavy atom. The van der Waals surface area contributed by atoms with E-state index in [1.54, 1.807) is 5.56 Å². The number of ether oxygens (including phenoxy) is 1. The minimum Gasteiger partial charge on any atom is -0.492 e. The normalized spacial score (nSPS) is 23.2. The van der Waals surface area contributed by atoms with Gasteiger partial charge in [0.25, 0.3) is 0 Å². The van der Waals surface area contributed by atoms with Crippen molar-refractivity contribution < 1.29 is 4.74 Å². The zero-order chi connectivity index (χ0) is 30.1. The lowest BCUT2D eigenvalue weighted by molar-refractivity contribution is 0.126. The Morgan fingerprint density at radius 2 is 1.17 bits per heavy atom. The fourth-order valence-electron chi connectivity index (χ4n) is 8.22. The molecule has 2 aromatic carbocycles. The minimum absolute atomic E-state index is 0.285. The van der Waals surface area contributed by atoms with Gasteiger partial charge in [-0.25, -0.2) is 0 Å². The number of rotatable bonds is 14. The van der Waals surface area contributed by atoms with E-state index in [9.17, 15) is 0 Å². The molecule has 0 heterocycles. The molecule has 0 spiro atoms. The van der Waals surface area contributed by atoms with Gasteiger partial charge in [0.05, 0.1) is 6.61 Å². The zero-order valence-corrected chi connectivity index (χ0v) is 28.6. The third-order valence-electron chi connectivity index (χ3n) is 12.0. The quantitative estimate of drug-likeness (QED) is 0.219. The molecule has 0 bridgehead atoms. The van der Waals surface area contributed by atoms with Crippen LogP contribution in [0.4, 0.5) is 0 Å². The second-order valence-electron chi connectivity index (χ2n) is 14.4. The molecule has 0 saturated heterocycles. The second-order valence-corrected chi connectivity index (χ2v) is 14.4. The Hall–Kier alpha value is -1.76. The maximum Gasteiger partial charge on any atom is 0.125 e. The molecule has 234 valence electrons. The van der Waals surface area contributed by atoms with E-state index in [0.717, 1.165) is 55.3 Å². The first-order chi connectivity index (χ1) is 20.4. The van der Waals surface area contributed by atoms with Gasteiger partial charge in [0.1, 0.15) is 5.75 Å². The van der Waals surface area contributed by atoms with Crippen LogP contribution < -0.4 is 4.74 Å². The monoisotopic (exact) mass is 572 g/mol. The summed E-state index contributed by atoms with van der Waals surface area (Å²) in [6.45, 7) is 17.1. The molecule has 2 fully saturated rings. The molecule has 0 aromatic heterocycles. The predicted molar refractivity (Wildman–Crippen MR) is 184 cm³/mol. The molecule has 1 nitrogen and oxygen atoms in total. The van der Waals surface area contributed by atoms with Gasteiger partial charge in [0.2, 0.25) is 0 Å². The molecule has 1 heteroatoms. The zero-order valence-electron chi connectivity index (χ0n) is 28.6. The number of hydrogen-bond donors (Lipinski definition) is 0. The summed E-state index contributed by atoms with van der Waals surface area (Å²) in [7, 11) is 0. The molecular formula is C41H64O. The largest absolute Gasteiger partial charge is 0.492 e. The van der Waals surface area contributed by atoms with E-state index >= 15 is 0 Å². The van der Waals surface area contributed by atoms with Crippen molar-refractivity contribution >= 4 is 0 Å². The highest BCUT2D eigenvalue weighted by atomic mass is 16.5. The number of benzene rings is 2. The van der Waals surface area contributed by atoms with Crippen LogP contribution in [0.3, 0.4) is 0 Å². The Kier molecular flexibility index (Phi) is 12.5. The van der Waals surface area contributed by atoms with Crippen molar-refractivity contribution in [2.24, 2.45) is 23.2 Å². The average molecular weight is 573 g/mol. The van der Waals surface area contributed by atoms with E-state index in [-0.39, 0.29) is 5.41 Å². The summed E-state index contributed by atoms with van der Waals surface area (Å²) >= 11 is 0. The smallest absolute Gasteiger partial charge is 0.125 e. The van der Waals surface area contributed by atoms with Crippen LogP contribution in [-0.4, -0.2) is 6.61 Å². The van der Waals surface area contributed by atoms with Crippen LogP contribution in [0.2, 0.25) is 0 Å². The maximum atomic E-state index is 6.70. The summed E-state index contributed by atoms with van der Waals surface area (Å²) in [5.41, 5.74) is 8.94. The highest BCUT2D eigenvalue weighted by Crippen LogP contribution is 2.42. The van der Waals surface area contributed by atoms with E-state index in [4.69, 9.17) is 4.74 Å². The highest BCUT2D eigenvalue weighted by Gasteiger charge is 2.27. The molecule has 42 heavy (non-hydrogen) atoms. The Morgan fingerprint density at radius 3 is 1.67 bits per heavy atom. The van der Waals surface area contributed by atoms with Crippen molar-refractivity contribution in [2.45, 2.75) is 157 Å². The van der Waals surface area contributed by atoms with Gasteiger partial charge in [-0.1, -0.05) is 105 Å². The van der Waals surface area contributed by atoms with Gasteiger partial charge in [0.15, 0.2) is 0 Å². The Bertz CT molecular complexity index is 1060. The highest BCUT2D eigenvalue weighted by molar-refractivity contribution is 5.71. The molecule has 0 radical (unpaired) electrons. The molecule has 2 aliphatic carbocycles. The van der Waals surface area contributed by atoms with Crippen molar-refractivity contribution in [3.63, 3.8) is 0 Å². The fourth-order valence-corrected chi connectivity index (χ4v) is 8.22. The Labute approximate surface area is 260 Å². The van der Waals surface area contributed by atoms with Crippen LogP contribution in [0.5, 0.6) is 5.75 Å². The minimum atomic E-state index is 0.285. The second kappa shape index (κ2) is 15.8. The van der Waals surface area contributed by atoms with Gasteiger partial charge in [-0.2, -0.15) is 0 Å². The van der Waals surface area contributed by atoms with Gasteiger partial charge in [-0.3, -0.25) is 0 Å². The first-order valence-electron chi connectivity index (χ1n) is 18.3. The molecule has 0 aliphatic heterocycles.